The molecule has 106 valence electrons. The molecule has 1 aliphatic heterocycles. The van der Waals surface area contributed by atoms with Crippen LogP contribution in [0.15, 0.2) is 30.3 Å². The van der Waals surface area contributed by atoms with E-state index in [0.717, 1.165) is 18.0 Å². The standard InChI is InChI=1S/C17H21NO2/c19-17(20)11-10-14-5-1-2-8-15(14)18-12-4-7-13-6-3-9-16(13)18/h1-2,5,8,10-11,13,16H,3-4,6-7,9,12H2,(H,19,20). The Morgan fingerprint density at radius 2 is 2.00 bits per heavy atom. The zero-order valence-electron chi connectivity index (χ0n) is 11.7. The van der Waals surface area contributed by atoms with E-state index in [9.17, 15) is 4.79 Å². The van der Waals surface area contributed by atoms with Gasteiger partial charge in [-0.15, -0.1) is 0 Å². The van der Waals surface area contributed by atoms with Crippen LogP contribution in [0, 0.1) is 5.92 Å². The molecule has 0 bridgehead atoms. The number of fused-ring (bicyclic) bond motifs is 1. The fourth-order valence-corrected chi connectivity index (χ4v) is 3.80. The van der Waals surface area contributed by atoms with E-state index in [-0.39, 0.29) is 0 Å². The molecule has 0 spiro atoms. The number of anilines is 1. The number of carboxylic acid groups (broad SMARTS) is 1. The van der Waals surface area contributed by atoms with E-state index in [1.807, 2.05) is 18.2 Å². The number of para-hydroxylation sites is 1. The van der Waals surface area contributed by atoms with Gasteiger partial charge in [0.2, 0.25) is 0 Å². The number of rotatable bonds is 3. The van der Waals surface area contributed by atoms with E-state index in [1.165, 1.54) is 43.9 Å². The van der Waals surface area contributed by atoms with E-state index < -0.39 is 5.97 Å². The van der Waals surface area contributed by atoms with Gasteiger partial charge < -0.3 is 10.0 Å². The van der Waals surface area contributed by atoms with Crippen LogP contribution in [0.5, 0.6) is 0 Å². The van der Waals surface area contributed by atoms with Crippen LogP contribution >= 0.6 is 0 Å². The van der Waals surface area contributed by atoms with Crippen molar-refractivity contribution in [1.82, 2.24) is 0 Å². The maximum atomic E-state index is 10.7. The maximum Gasteiger partial charge on any atom is 0.328 e. The largest absolute Gasteiger partial charge is 0.478 e. The highest BCUT2D eigenvalue weighted by molar-refractivity contribution is 5.87. The Labute approximate surface area is 119 Å². The van der Waals surface area contributed by atoms with Gasteiger partial charge >= 0.3 is 5.97 Å². The first kappa shape index (κ1) is 13.2. The molecule has 0 radical (unpaired) electrons. The van der Waals surface area contributed by atoms with Crippen LogP contribution in [0.4, 0.5) is 5.69 Å². The van der Waals surface area contributed by atoms with Crippen molar-refractivity contribution in [3.05, 3.63) is 35.9 Å². The van der Waals surface area contributed by atoms with Crippen molar-refractivity contribution in [1.29, 1.82) is 0 Å². The van der Waals surface area contributed by atoms with E-state index in [4.69, 9.17) is 5.11 Å². The lowest BCUT2D eigenvalue weighted by Crippen LogP contribution is -2.42. The summed E-state index contributed by atoms with van der Waals surface area (Å²) in [7, 11) is 0. The highest BCUT2D eigenvalue weighted by Crippen LogP contribution is 2.40. The van der Waals surface area contributed by atoms with Gasteiger partial charge in [-0.3, -0.25) is 0 Å². The van der Waals surface area contributed by atoms with Crippen molar-refractivity contribution >= 4 is 17.7 Å². The maximum absolute atomic E-state index is 10.7. The molecule has 3 rings (SSSR count). The highest BCUT2D eigenvalue weighted by atomic mass is 16.4. The van der Waals surface area contributed by atoms with Gasteiger partial charge in [0.25, 0.3) is 0 Å². The van der Waals surface area contributed by atoms with E-state index in [2.05, 4.69) is 11.0 Å². The predicted molar refractivity (Wildman–Crippen MR) is 80.8 cm³/mol. The summed E-state index contributed by atoms with van der Waals surface area (Å²) in [5.41, 5.74) is 2.21. The molecule has 1 heterocycles. The van der Waals surface area contributed by atoms with Crippen LogP contribution in [0.1, 0.15) is 37.7 Å². The quantitative estimate of drug-likeness (QED) is 0.855. The SMILES string of the molecule is O=C(O)C=Cc1ccccc1N1CCCC2CCCC21. The van der Waals surface area contributed by atoms with Crippen LogP contribution in [0.25, 0.3) is 6.08 Å². The highest BCUT2D eigenvalue weighted by Gasteiger charge is 2.35. The number of hydrogen-bond donors (Lipinski definition) is 1. The molecule has 20 heavy (non-hydrogen) atoms. The lowest BCUT2D eigenvalue weighted by atomic mass is 9.91. The summed E-state index contributed by atoms with van der Waals surface area (Å²) in [5.74, 6) is -0.0579. The second-order valence-corrected chi connectivity index (χ2v) is 5.82. The number of piperidine rings is 1. The van der Waals surface area contributed by atoms with E-state index in [0.29, 0.717) is 6.04 Å². The molecule has 0 amide bonds. The molecular formula is C17H21NO2. The Hall–Kier alpha value is -1.77. The van der Waals surface area contributed by atoms with Gasteiger partial charge in [-0.1, -0.05) is 24.6 Å². The number of nitrogens with zero attached hydrogens (tertiary/aromatic N) is 1. The minimum Gasteiger partial charge on any atom is -0.478 e. The molecule has 1 N–H and O–H groups in total. The summed E-state index contributed by atoms with van der Waals surface area (Å²) in [6, 6.07) is 8.81. The third-order valence-electron chi connectivity index (χ3n) is 4.64. The van der Waals surface area contributed by atoms with Gasteiger partial charge in [-0.05, 0) is 49.3 Å². The van der Waals surface area contributed by atoms with Gasteiger partial charge in [-0.2, -0.15) is 0 Å². The summed E-state index contributed by atoms with van der Waals surface area (Å²) in [5, 5.41) is 8.83. The van der Waals surface area contributed by atoms with Crippen molar-refractivity contribution in [2.45, 2.75) is 38.1 Å². The van der Waals surface area contributed by atoms with E-state index >= 15 is 0 Å². The first-order chi connectivity index (χ1) is 9.75. The molecule has 3 nitrogen and oxygen atoms in total. The smallest absolute Gasteiger partial charge is 0.328 e. The van der Waals surface area contributed by atoms with Crippen molar-refractivity contribution in [3.8, 4) is 0 Å². The van der Waals surface area contributed by atoms with Gasteiger partial charge in [0.15, 0.2) is 0 Å². The first-order valence-corrected chi connectivity index (χ1v) is 7.52. The van der Waals surface area contributed by atoms with Crippen molar-refractivity contribution in [2.24, 2.45) is 5.92 Å². The zero-order chi connectivity index (χ0) is 13.9. The molecule has 1 aromatic rings. The fourth-order valence-electron chi connectivity index (χ4n) is 3.80. The molecule has 2 unspecified atom stereocenters. The van der Waals surface area contributed by atoms with Crippen molar-refractivity contribution in [2.75, 3.05) is 11.4 Å². The number of aliphatic carboxylic acids is 1. The minimum atomic E-state index is -0.891. The van der Waals surface area contributed by atoms with Crippen LogP contribution in [0.3, 0.4) is 0 Å². The predicted octanol–water partition coefficient (Wildman–Crippen LogP) is 3.55. The topological polar surface area (TPSA) is 40.5 Å². The summed E-state index contributed by atoms with van der Waals surface area (Å²) in [6.07, 6.45) is 9.52. The van der Waals surface area contributed by atoms with Gasteiger partial charge in [-0.25, -0.2) is 4.79 Å². The second-order valence-electron chi connectivity index (χ2n) is 5.82. The molecule has 3 heteroatoms. The van der Waals surface area contributed by atoms with Crippen molar-refractivity contribution in [3.63, 3.8) is 0 Å². The Bertz CT molecular complexity index is 523. The minimum absolute atomic E-state index is 0.656. The number of benzene rings is 1. The first-order valence-electron chi connectivity index (χ1n) is 7.52. The normalized spacial score (nSPS) is 25.9. The lowest BCUT2D eigenvalue weighted by Gasteiger charge is -2.40. The summed E-state index contributed by atoms with van der Waals surface area (Å²) in [4.78, 5) is 13.3. The lowest BCUT2D eigenvalue weighted by molar-refractivity contribution is -0.131. The molecule has 1 aromatic carbocycles. The molecule has 1 aliphatic carbocycles. The van der Waals surface area contributed by atoms with Crippen LogP contribution < -0.4 is 4.90 Å². The molecule has 2 fully saturated rings. The average molecular weight is 271 g/mol. The number of carboxylic acids is 1. The van der Waals surface area contributed by atoms with Crippen LogP contribution in [-0.2, 0) is 4.79 Å². The van der Waals surface area contributed by atoms with Gasteiger partial charge in [0, 0.05) is 24.4 Å². The molecule has 2 aliphatic rings. The van der Waals surface area contributed by atoms with Gasteiger partial charge in [0.1, 0.15) is 0 Å². The van der Waals surface area contributed by atoms with E-state index in [1.54, 1.807) is 6.08 Å². The average Bonchev–Trinajstić information content (AvgIpc) is 2.93. The van der Waals surface area contributed by atoms with Crippen LogP contribution in [0.2, 0.25) is 0 Å². The van der Waals surface area contributed by atoms with Gasteiger partial charge in [0.05, 0.1) is 0 Å². The third-order valence-corrected chi connectivity index (χ3v) is 4.64. The van der Waals surface area contributed by atoms with Crippen LogP contribution in [-0.4, -0.2) is 23.7 Å². The Morgan fingerprint density at radius 3 is 2.85 bits per heavy atom. The summed E-state index contributed by atoms with van der Waals surface area (Å²) in [6.45, 7) is 1.10. The molecule has 1 saturated heterocycles. The third kappa shape index (κ3) is 2.58. The fraction of sp³-hybridized carbons (Fsp3) is 0.471. The second kappa shape index (κ2) is 5.70. The Morgan fingerprint density at radius 1 is 1.20 bits per heavy atom. The summed E-state index contributed by atoms with van der Waals surface area (Å²) < 4.78 is 0. The number of hydrogen-bond acceptors (Lipinski definition) is 2. The number of carbonyl (C=O) groups is 1. The Balaban J connectivity index is 1.91. The monoisotopic (exact) mass is 271 g/mol. The molecular weight excluding hydrogens is 250 g/mol. The zero-order valence-corrected chi connectivity index (χ0v) is 11.7. The molecule has 2 atom stereocenters. The van der Waals surface area contributed by atoms with Crippen molar-refractivity contribution < 1.29 is 9.90 Å². The molecule has 0 aromatic heterocycles. The Kier molecular flexibility index (Phi) is 3.77. The summed E-state index contributed by atoms with van der Waals surface area (Å²) >= 11 is 0. The molecule has 1 saturated carbocycles.